The van der Waals surface area contributed by atoms with E-state index in [-0.39, 0.29) is 37.5 Å². The third-order valence-corrected chi connectivity index (χ3v) is 12.7. The SMILES string of the molecule is CC[C@H](C)[C@H](N)C(=O)N[C@@H](Cc1ccccc1)C(=O)N[C@H](C(=O)N[C@H](C(=O)N[C@@H](CC(C)C)C(=O)N[C@@H](Cc1cnc[nH]1)C(=O)N[C@@H](CO)C(=O)N[C@@H](Cc1ccccc1)C(=O)N[C@H](C(=O)O)[C@@H](C)O)C(C)C)C(C)C. The number of aliphatic carboxylic acids is 1. The lowest BCUT2D eigenvalue weighted by Gasteiger charge is -2.30. The molecule has 418 valence electrons. The van der Waals surface area contributed by atoms with Crippen molar-refractivity contribution >= 4 is 53.2 Å². The summed E-state index contributed by atoms with van der Waals surface area (Å²) in [4.78, 5) is 130. The number of carbonyl (C=O) groups excluding carboxylic acids is 8. The van der Waals surface area contributed by atoms with Crippen molar-refractivity contribution in [3.63, 3.8) is 0 Å². The summed E-state index contributed by atoms with van der Waals surface area (Å²) in [5, 5.41) is 50.7. The molecular weight excluding hydrogens is 983 g/mol. The Morgan fingerprint density at radius 2 is 0.934 bits per heavy atom. The molecule has 3 aromatic rings. The van der Waals surface area contributed by atoms with Crippen molar-refractivity contribution in [2.75, 3.05) is 6.61 Å². The number of aliphatic hydroxyl groups excluding tert-OH is 2. The largest absolute Gasteiger partial charge is 0.480 e. The molecular formula is C53H79N11O12. The molecule has 23 nitrogen and oxygen atoms in total. The molecule has 3 rings (SSSR count). The number of hydrogen-bond acceptors (Lipinski definition) is 13. The van der Waals surface area contributed by atoms with Crippen molar-refractivity contribution in [1.82, 2.24) is 52.5 Å². The van der Waals surface area contributed by atoms with Crippen LogP contribution in [0, 0.1) is 23.7 Å². The summed E-state index contributed by atoms with van der Waals surface area (Å²) >= 11 is 0. The second kappa shape index (κ2) is 31.0. The number of aliphatic hydroxyl groups is 2. The number of nitrogens with one attached hydrogen (secondary N) is 9. The highest BCUT2D eigenvalue weighted by Crippen LogP contribution is 2.14. The molecule has 0 aliphatic carbocycles. The number of carboxylic acid groups (broad SMARTS) is 1. The van der Waals surface area contributed by atoms with Gasteiger partial charge in [0.1, 0.15) is 42.3 Å². The fourth-order valence-corrected chi connectivity index (χ4v) is 7.91. The molecule has 2 aromatic carbocycles. The van der Waals surface area contributed by atoms with E-state index in [0.717, 1.165) is 12.5 Å². The molecule has 14 N–H and O–H groups in total. The van der Waals surface area contributed by atoms with Crippen LogP contribution >= 0.6 is 0 Å². The highest BCUT2D eigenvalue weighted by molar-refractivity contribution is 5.98. The maximum absolute atomic E-state index is 14.3. The van der Waals surface area contributed by atoms with Gasteiger partial charge < -0.3 is 68.6 Å². The minimum absolute atomic E-state index is 0.0545. The van der Waals surface area contributed by atoms with E-state index in [9.17, 15) is 58.5 Å². The normalized spacial score (nSPS) is 15.7. The van der Waals surface area contributed by atoms with E-state index in [1.165, 1.54) is 12.5 Å². The van der Waals surface area contributed by atoms with Crippen LogP contribution in [0.2, 0.25) is 0 Å². The zero-order valence-electron chi connectivity index (χ0n) is 44.8. The van der Waals surface area contributed by atoms with Gasteiger partial charge in [-0.25, -0.2) is 9.78 Å². The smallest absolute Gasteiger partial charge is 0.328 e. The van der Waals surface area contributed by atoms with Crippen LogP contribution in [0.4, 0.5) is 0 Å². The molecule has 0 fully saturated rings. The summed E-state index contributed by atoms with van der Waals surface area (Å²) in [6.45, 7) is 14.2. The lowest BCUT2D eigenvalue weighted by atomic mass is 9.97. The Balaban J connectivity index is 1.85. The number of imidazole rings is 1. The molecule has 11 atom stereocenters. The van der Waals surface area contributed by atoms with Gasteiger partial charge >= 0.3 is 5.97 Å². The zero-order valence-corrected chi connectivity index (χ0v) is 44.8. The highest BCUT2D eigenvalue weighted by atomic mass is 16.4. The lowest BCUT2D eigenvalue weighted by molar-refractivity contribution is -0.145. The van der Waals surface area contributed by atoms with Crippen LogP contribution in [0.25, 0.3) is 0 Å². The number of rotatable bonds is 31. The summed E-state index contributed by atoms with van der Waals surface area (Å²) in [7, 11) is 0. The Bertz CT molecular complexity index is 2370. The Kier molecular flexibility index (Phi) is 25.7. The fourth-order valence-electron chi connectivity index (χ4n) is 7.91. The second-order valence-electron chi connectivity index (χ2n) is 20.2. The molecule has 1 aromatic heterocycles. The monoisotopic (exact) mass is 1060 g/mol. The first kappa shape index (κ1) is 63.1. The first-order valence-corrected chi connectivity index (χ1v) is 25.6. The number of nitrogens with zero attached hydrogens (tertiary/aromatic N) is 1. The summed E-state index contributed by atoms with van der Waals surface area (Å²) in [6.07, 6.45) is 1.62. The maximum atomic E-state index is 14.3. The van der Waals surface area contributed by atoms with Gasteiger partial charge in [0.05, 0.1) is 25.1 Å². The molecule has 0 aliphatic rings. The predicted molar refractivity (Wildman–Crippen MR) is 281 cm³/mol. The molecule has 0 saturated carbocycles. The minimum atomic E-state index is -1.73. The number of H-pyrrole nitrogens is 1. The van der Waals surface area contributed by atoms with E-state index in [2.05, 4.69) is 52.5 Å². The average molecular weight is 1060 g/mol. The minimum Gasteiger partial charge on any atom is -0.480 e. The van der Waals surface area contributed by atoms with Gasteiger partial charge in [-0.05, 0) is 48.1 Å². The predicted octanol–water partition coefficient (Wildman–Crippen LogP) is -0.495. The molecule has 0 unspecified atom stereocenters. The van der Waals surface area contributed by atoms with E-state index < -0.39 is 132 Å². The highest BCUT2D eigenvalue weighted by Gasteiger charge is 2.37. The van der Waals surface area contributed by atoms with Gasteiger partial charge in [-0.3, -0.25) is 38.4 Å². The summed E-state index contributed by atoms with van der Waals surface area (Å²) < 4.78 is 0. The first-order valence-electron chi connectivity index (χ1n) is 25.6. The van der Waals surface area contributed by atoms with E-state index in [1.807, 2.05) is 19.9 Å². The third kappa shape index (κ3) is 20.1. The van der Waals surface area contributed by atoms with Crippen LogP contribution in [-0.4, -0.2) is 146 Å². The summed E-state index contributed by atoms with van der Waals surface area (Å²) in [6, 6.07) is 5.28. The van der Waals surface area contributed by atoms with Crippen molar-refractivity contribution in [1.29, 1.82) is 0 Å². The van der Waals surface area contributed by atoms with Crippen LogP contribution in [0.1, 0.15) is 92.0 Å². The van der Waals surface area contributed by atoms with Crippen LogP contribution < -0.4 is 48.3 Å². The van der Waals surface area contributed by atoms with Crippen LogP contribution in [0.5, 0.6) is 0 Å². The van der Waals surface area contributed by atoms with Gasteiger partial charge in [-0.1, -0.05) is 122 Å². The van der Waals surface area contributed by atoms with Crippen molar-refractivity contribution in [3.05, 3.63) is 90.0 Å². The van der Waals surface area contributed by atoms with Gasteiger partial charge in [0.15, 0.2) is 6.04 Å². The maximum Gasteiger partial charge on any atom is 0.328 e. The molecule has 0 aliphatic heterocycles. The lowest BCUT2D eigenvalue weighted by Crippen LogP contribution is -2.62. The summed E-state index contributed by atoms with van der Waals surface area (Å²) in [5.41, 5.74) is 7.89. The number of aromatic amines is 1. The average Bonchev–Trinajstić information content (AvgIpc) is 3.89. The number of carboxylic acids is 1. The zero-order chi connectivity index (χ0) is 56.8. The van der Waals surface area contributed by atoms with Crippen LogP contribution in [0.3, 0.4) is 0 Å². The van der Waals surface area contributed by atoms with Crippen LogP contribution in [0.15, 0.2) is 73.2 Å². The number of amides is 8. The van der Waals surface area contributed by atoms with Gasteiger partial charge in [0.25, 0.3) is 0 Å². The number of aromatic nitrogens is 2. The Labute approximate surface area is 443 Å². The van der Waals surface area contributed by atoms with E-state index >= 15 is 0 Å². The molecule has 0 spiro atoms. The fraction of sp³-hybridized carbons (Fsp3) is 0.547. The topological polar surface area (TPSA) is 365 Å². The van der Waals surface area contributed by atoms with Crippen molar-refractivity contribution in [2.45, 2.75) is 155 Å². The molecule has 23 heteroatoms. The van der Waals surface area contributed by atoms with Crippen molar-refractivity contribution in [3.8, 4) is 0 Å². The summed E-state index contributed by atoms with van der Waals surface area (Å²) in [5.74, 6) is -9.44. The quantitative estimate of drug-likeness (QED) is 0.0387. The Morgan fingerprint density at radius 3 is 1.36 bits per heavy atom. The number of carbonyl (C=O) groups is 9. The van der Waals surface area contributed by atoms with Gasteiger partial charge in [0, 0.05) is 31.2 Å². The van der Waals surface area contributed by atoms with Gasteiger partial charge in [-0.15, -0.1) is 0 Å². The molecule has 0 bridgehead atoms. The molecule has 76 heavy (non-hydrogen) atoms. The van der Waals surface area contributed by atoms with Crippen molar-refractivity contribution < 1.29 is 58.5 Å². The van der Waals surface area contributed by atoms with Crippen molar-refractivity contribution in [2.24, 2.45) is 29.4 Å². The number of benzene rings is 2. The van der Waals surface area contributed by atoms with Crippen LogP contribution in [-0.2, 0) is 62.4 Å². The molecule has 0 radical (unpaired) electrons. The van der Waals surface area contributed by atoms with E-state index in [4.69, 9.17) is 5.73 Å². The molecule has 8 amide bonds. The first-order chi connectivity index (χ1) is 35.9. The Morgan fingerprint density at radius 1 is 0.539 bits per heavy atom. The Hall–Kier alpha value is -7.24. The van der Waals surface area contributed by atoms with Gasteiger partial charge in [-0.2, -0.15) is 0 Å². The van der Waals surface area contributed by atoms with Gasteiger partial charge in [0.2, 0.25) is 47.3 Å². The van der Waals surface area contributed by atoms with E-state index in [0.29, 0.717) is 17.7 Å². The second-order valence-corrected chi connectivity index (χ2v) is 20.2. The van der Waals surface area contributed by atoms with E-state index in [1.54, 1.807) is 96.1 Å². The number of hydrogen-bond donors (Lipinski definition) is 13. The standard InChI is InChI=1S/C53H79N11O12/c1-10-31(8)41(54)50(72)59-38(23-34-19-15-12-16-20-34)47(69)62-43(30(6)7)52(74)63-42(29(4)5)51(73)60-36(21-28(2)3)45(67)58-39(24-35-25-55-27-56-35)46(68)61-40(26-65)49(71)57-37(22-33-17-13-11-14-18-33)48(70)64-44(32(9)66)53(75)76/h11-20,25,27-32,36-44,65-66H,10,21-24,26,54H2,1-9H3,(H,55,56)(H,57,71)(H,58,67)(H,59,72)(H,60,73)(H,61,68)(H,62,69)(H,63,74)(H,64,70)(H,75,76)/t31-,32+,36-,37-,38-,39-,40-,41-,42-,43-,44-/m0/s1. The molecule has 1 heterocycles. The molecule has 0 saturated heterocycles. The number of nitrogens with two attached hydrogens (primary N) is 1. The third-order valence-electron chi connectivity index (χ3n) is 12.7.